The summed E-state index contributed by atoms with van der Waals surface area (Å²) in [6.45, 7) is 11.3. The van der Waals surface area contributed by atoms with Crippen molar-refractivity contribution in [3.05, 3.63) is 33.6 Å². The van der Waals surface area contributed by atoms with Gasteiger partial charge in [0.1, 0.15) is 22.3 Å². The number of ether oxygens (including phenoxy) is 1. The van der Waals surface area contributed by atoms with Crippen molar-refractivity contribution in [3.8, 4) is 18.1 Å². The number of hydrogen-bond acceptors (Lipinski definition) is 9. The minimum atomic E-state index is -0.515. The Labute approximate surface area is 246 Å². The summed E-state index contributed by atoms with van der Waals surface area (Å²) in [6, 6.07) is 2.57. The van der Waals surface area contributed by atoms with Crippen LogP contribution in [0.5, 0.6) is 5.75 Å². The van der Waals surface area contributed by atoms with Gasteiger partial charge in [0, 0.05) is 50.1 Å². The lowest BCUT2D eigenvalue weighted by Crippen LogP contribution is -2.39. The van der Waals surface area contributed by atoms with E-state index in [-0.39, 0.29) is 41.6 Å². The summed E-state index contributed by atoms with van der Waals surface area (Å²) in [5.41, 5.74) is 0.650. The third-order valence-electron chi connectivity index (χ3n) is 6.30. The largest absolute Gasteiger partial charge is 0.481 e. The van der Waals surface area contributed by atoms with Crippen molar-refractivity contribution >= 4 is 51.3 Å². The first kappa shape index (κ1) is 30.1. The lowest BCUT2D eigenvalue weighted by molar-refractivity contribution is -0.121. The van der Waals surface area contributed by atoms with E-state index in [1.807, 2.05) is 4.57 Å². The number of carbonyl (C=O) groups excluding carboxylic acids is 2. The molecule has 1 aromatic carbocycles. The number of aromatic nitrogens is 4. The molecule has 0 spiro atoms. The fourth-order valence-electron chi connectivity index (χ4n) is 4.15. The molecule has 0 fully saturated rings. The molecule has 0 bridgehead atoms. The number of hydrogen-bond donors (Lipinski definition) is 1. The molecule has 0 radical (unpaired) electrons. The molecule has 0 atom stereocenters. The number of terminal acetylenes is 1. The number of halogens is 1. The molecule has 2 aliphatic rings. The Morgan fingerprint density at radius 2 is 2.07 bits per heavy atom. The van der Waals surface area contributed by atoms with Crippen LogP contribution in [0.4, 0.5) is 25.7 Å². The molecule has 3 aromatic rings. The van der Waals surface area contributed by atoms with Crippen LogP contribution in [0, 0.1) is 23.6 Å². The van der Waals surface area contributed by atoms with Gasteiger partial charge >= 0.3 is 6.03 Å². The summed E-state index contributed by atoms with van der Waals surface area (Å²) in [7, 11) is 3.26. The van der Waals surface area contributed by atoms with Gasteiger partial charge in [-0.15, -0.1) is 16.6 Å². The SMILES string of the molecule is C#CCN1C(=O)COc2cc(F)c(N=c3snc4n3CC(C)(C)C4)cc21.CNC(=O)N(C)c1nnc(C(C)(C)C)s1. The quantitative estimate of drug-likeness (QED) is 0.456. The number of rotatable bonds is 3. The molecule has 3 amide bonds. The Morgan fingerprint density at radius 3 is 2.71 bits per heavy atom. The smallest absolute Gasteiger partial charge is 0.323 e. The highest BCUT2D eigenvalue weighted by molar-refractivity contribution is 7.15. The van der Waals surface area contributed by atoms with E-state index in [1.54, 1.807) is 14.1 Å². The van der Waals surface area contributed by atoms with Crippen molar-refractivity contribution in [2.45, 2.75) is 53.0 Å². The van der Waals surface area contributed by atoms with Crippen molar-refractivity contribution in [3.63, 3.8) is 0 Å². The zero-order chi connectivity index (χ0) is 30.1. The van der Waals surface area contributed by atoms with E-state index in [0.29, 0.717) is 21.4 Å². The van der Waals surface area contributed by atoms with Crippen LogP contribution in [0.2, 0.25) is 0 Å². The summed E-state index contributed by atoms with van der Waals surface area (Å²) < 4.78 is 26.3. The maximum atomic E-state index is 14.5. The van der Waals surface area contributed by atoms with Gasteiger partial charge in [0.25, 0.3) is 5.91 Å². The van der Waals surface area contributed by atoms with E-state index in [4.69, 9.17) is 11.2 Å². The average molecular weight is 601 g/mol. The fraction of sp³-hybridized carbons (Fsp3) is 0.481. The summed E-state index contributed by atoms with van der Waals surface area (Å²) in [4.78, 5) is 31.3. The molecule has 0 saturated carbocycles. The molecule has 0 aliphatic carbocycles. The van der Waals surface area contributed by atoms with Crippen LogP contribution in [0.1, 0.15) is 45.5 Å². The normalized spacial score (nSPS) is 15.7. The Hall–Kier alpha value is -3.83. The Balaban J connectivity index is 0.000000221. The monoisotopic (exact) mass is 600 g/mol. The summed E-state index contributed by atoms with van der Waals surface area (Å²) in [6.07, 6.45) is 6.22. The molecule has 218 valence electrons. The molecule has 2 aromatic heterocycles. The number of anilines is 2. The van der Waals surface area contributed by atoms with E-state index in [1.165, 1.54) is 44.8 Å². The maximum Gasteiger partial charge on any atom is 0.323 e. The summed E-state index contributed by atoms with van der Waals surface area (Å²) >= 11 is 2.68. The number of amides is 3. The molecule has 0 unspecified atom stereocenters. The van der Waals surface area contributed by atoms with Gasteiger partial charge < -0.3 is 14.6 Å². The molecule has 0 saturated heterocycles. The van der Waals surface area contributed by atoms with Crippen molar-refractivity contribution in [1.29, 1.82) is 0 Å². The van der Waals surface area contributed by atoms with Crippen LogP contribution in [0.25, 0.3) is 0 Å². The first-order valence-electron chi connectivity index (χ1n) is 12.8. The summed E-state index contributed by atoms with van der Waals surface area (Å²) in [5.74, 6) is 2.92. The van der Waals surface area contributed by atoms with Crippen molar-refractivity contribution in [2.75, 3.05) is 37.0 Å². The van der Waals surface area contributed by atoms with Gasteiger partial charge in [-0.25, -0.2) is 14.2 Å². The van der Waals surface area contributed by atoms with Crippen LogP contribution < -0.4 is 24.7 Å². The maximum absolute atomic E-state index is 14.5. The highest BCUT2D eigenvalue weighted by Gasteiger charge is 2.31. The predicted molar refractivity (Wildman–Crippen MR) is 157 cm³/mol. The van der Waals surface area contributed by atoms with Crippen LogP contribution in [-0.4, -0.2) is 58.3 Å². The minimum absolute atomic E-state index is 0.0283. The van der Waals surface area contributed by atoms with Crippen molar-refractivity contribution in [2.24, 2.45) is 10.4 Å². The van der Waals surface area contributed by atoms with Crippen LogP contribution in [0.15, 0.2) is 17.1 Å². The topological polar surface area (TPSA) is 118 Å². The second-order valence-electron chi connectivity index (χ2n) is 11.4. The van der Waals surface area contributed by atoms with Crippen molar-refractivity contribution < 1.29 is 18.7 Å². The third kappa shape index (κ3) is 6.57. The Kier molecular flexibility index (Phi) is 8.51. The molecular formula is C27H33FN8O3S2. The molecule has 41 heavy (non-hydrogen) atoms. The number of benzene rings is 1. The zero-order valence-corrected chi connectivity index (χ0v) is 25.7. The van der Waals surface area contributed by atoms with Crippen LogP contribution in [0.3, 0.4) is 0 Å². The van der Waals surface area contributed by atoms with Gasteiger partial charge in [0.2, 0.25) is 9.93 Å². The fourth-order valence-corrected chi connectivity index (χ4v) is 5.77. The zero-order valence-electron chi connectivity index (χ0n) is 24.1. The highest BCUT2D eigenvalue weighted by atomic mass is 32.1. The van der Waals surface area contributed by atoms with Crippen molar-refractivity contribution in [1.82, 2.24) is 24.5 Å². The van der Waals surface area contributed by atoms with E-state index in [9.17, 15) is 14.0 Å². The van der Waals surface area contributed by atoms with E-state index < -0.39 is 5.82 Å². The lowest BCUT2D eigenvalue weighted by atomic mass is 9.92. The lowest BCUT2D eigenvalue weighted by Gasteiger charge is -2.28. The molecule has 14 heteroatoms. The second-order valence-corrected chi connectivity index (χ2v) is 13.1. The van der Waals surface area contributed by atoms with Gasteiger partial charge in [0.05, 0.1) is 12.2 Å². The summed E-state index contributed by atoms with van der Waals surface area (Å²) in [5, 5.41) is 12.1. The van der Waals surface area contributed by atoms with Crippen LogP contribution >= 0.6 is 22.9 Å². The van der Waals surface area contributed by atoms with Gasteiger partial charge in [0.15, 0.2) is 12.4 Å². The van der Waals surface area contributed by atoms with E-state index in [0.717, 1.165) is 23.8 Å². The standard InChI is InChI=1S/C18H17FN4O2S.C9H16N4OS/c1-4-5-22-13-7-12(11(19)6-14(13)25-9-16(22)24)20-17-23-10-18(2,3)8-15(23)21-26-17;1-9(2,3)6-11-12-8(15-6)13(5)7(14)10-4/h1,6-7H,5,8-10H2,2-3H3;1-5H3,(H,10,14). The molecule has 4 heterocycles. The first-order chi connectivity index (χ1) is 19.2. The number of nitrogens with one attached hydrogen (secondary N) is 1. The molecule has 2 aliphatic heterocycles. The molecule has 1 N–H and O–H groups in total. The molecule has 5 rings (SSSR count). The highest BCUT2D eigenvalue weighted by Crippen LogP contribution is 2.37. The van der Waals surface area contributed by atoms with Gasteiger partial charge in [-0.1, -0.05) is 51.9 Å². The number of nitrogens with zero attached hydrogens (tertiary/aromatic N) is 7. The van der Waals surface area contributed by atoms with E-state index >= 15 is 0 Å². The molecular weight excluding hydrogens is 567 g/mol. The average Bonchev–Trinajstić information content (AvgIpc) is 3.61. The third-order valence-corrected chi connectivity index (χ3v) is 8.50. The van der Waals surface area contributed by atoms with Gasteiger partial charge in [-0.05, 0) is 11.5 Å². The van der Waals surface area contributed by atoms with Crippen LogP contribution in [-0.2, 0) is 23.2 Å². The van der Waals surface area contributed by atoms with Gasteiger partial charge in [-0.2, -0.15) is 4.37 Å². The number of carbonyl (C=O) groups is 2. The Bertz CT molecular complexity index is 1580. The predicted octanol–water partition coefficient (Wildman–Crippen LogP) is 3.87. The minimum Gasteiger partial charge on any atom is -0.481 e. The number of urea groups is 1. The second kappa shape index (κ2) is 11.6. The number of fused-ring (bicyclic) bond motifs is 2. The molecule has 11 nitrogen and oxygen atoms in total. The first-order valence-corrected chi connectivity index (χ1v) is 14.4. The van der Waals surface area contributed by atoms with E-state index in [2.05, 4.69) is 65.4 Å². The Morgan fingerprint density at radius 1 is 1.34 bits per heavy atom. The van der Waals surface area contributed by atoms with Gasteiger partial charge in [-0.3, -0.25) is 14.6 Å².